The Morgan fingerprint density at radius 3 is 2.56 bits per heavy atom. The number of allylic oxidation sites excluding steroid dienone is 1. The first-order chi connectivity index (χ1) is 20.7. The van der Waals surface area contributed by atoms with Crippen molar-refractivity contribution in [2.75, 3.05) is 6.61 Å². The Kier molecular flexibility index (Phi) is 9.54. The van der Waals surface area contributed by atoms with Crippen LogP contribution >= 0.6 is 38.9 Å². The van der Waals surface area contributed by atoms with Gasteiger partial charge in [0.1, 0.15) is 18.4 Å². The van der Waals surface area contributed by atoms with Crippen LogP contribution in [-0.4, -0.2) is 23.2 Å². The quantitative estimate of drug-likeness (QED) is 0.187. The van der Waals surface area contributed by atoms with Gasteiger partial charge in [-0.2, -0.15) is 0 Å². The number of ether oxygens (including phenoxy) is 3. The highest BCUT2D eigenvalue weighted by atomic mass is 79.9. The smallest absolute Gasteiger partial charge is 0.338 e. The number of rotatable bonds is 9. The Labute approximate surface area is 266 Å². The molecule has 222 valence electrons. The number of aromatic nitrogens is 1. The van der Waals surface area contributed by atoms with Gasteiger partial charge in [0, 0.05) is 5.56 Å². The van der Waals surface area contributed by atoms with Gasteiger partial charge in [-0.25, -0.2) is 9.79 Å². The molecule has 0 saturated carbocycles. The average Bonchev–Trinajstić information content (AvgIpc) is 3.26. The highest BCUT2D eigenvalue weighted by Gasteiger charge is 2.35. The van der Waals surface area contributed by atoms with Gasteiger partial charge < -0.3 is 14.2 Å². The van der Waals surface area contributed by atoms with Gasteiger partial charge in [-0.15, -0.1) is 0 Å². The van der Waals surface area contributed by atoms with Crippen molar-refractivity contribution in [3.05, 3.63) is 124 Å². The van der Waals surface area contributed by atoms with E-state index in [2.05, 4.69) is 20.9 Å². The molecular weight excluding hydrogens is 652 g/mol. The average molecular weight is 682 g/mol. The number of para-hydroxylation sites is 1. The van der Waals surface area contributed by atoms with Crippen LogP contribution in [0.15, 0.2) is 92.3 Å². The molecule has 0 amide bonds. The molecule has 0 aliphatic carbocycles. The summed E-state index contributed by atoms with van der Waals surface area (Å²) in [5, 5.41) is 0.405. The number of hydrogen-bond acceptors (Lipinski definition) is 7. The van der Waals surface area contributed by atoms with Crippen molar-refractivity contribution in [3.8, 4) is 11.5 Å². The topological polar surface area (TPSA) is 79.1 Å². The highest BCUT2D eigenvalue weighted by Crippen LogP contribution is 2.37. The summed E-state index contributed by atoms with van der Waals surface area (Å²) >= 11 is 11.4. The van der Waals surface area contributed by atoms with Crippen LogP contribution < -0.4 is 24.4 Å². The summed E-state index contributed by atoms with van der Waals surface area (Å²) in [5.74, 6) is 0.570. The molecule has 1 aliphatic rings. The molecule has 0 N–H and O–H groups in total. The molecule has 0 radical (unpaired) electrons. The highest BCUT2D eigenvalue weighted by molar-refractivity contribution is 9.10. The van der Waals surface area contributed by atoms with E-state index in [1.807, 2.05) is 74.5 Å². The molecule has 0 bridgehead atoms. The van der Waals surface area contributed by atoms with Crippen LogP contribution in [0.25, 0.3) is 6.08 Å². The van der Waals surface area contributed by atoms with Crippen molar-refractivity contribution >= 4 is 50.9 Å². The molecule has 5 rings (SSSR count). The van der Waals surface area contributed by atoms with Crippen LogP contribution in [0, 0.1) is 0 Å². The largest absolute Gasteiger partial charge is 0.491 e. The van der Waals surface area contributed by atoms with Gasteiger partial charge in [0.05, 0.1) is 38.0 Å². The number of carbonyl (C=O) groups excluding carboxylic acids is 1. The maximum atomic E-state index is 14.1. The number of carbonyl (C=O) groups is 1. The van der Waals surface area contributed by atoms with Crippen LogP contribution in [0.3, 0.4) is 0 Å². The van der Waals surface area contributed by atoms with E-state index in [0.717, 1.165) is 5.56 Å². The Balaban J connectivity index is 1.60. The van der Waals surface area contributed by atoms with E-state index in [9.17, 15) is 9.59 Å². The van der Waals surface area contributed by atoms with Gasteiger partial charge in [0.15, 0.2) is 10.6 Å². The summed E-state index contributed by atoms with van der Waals surface area (Å²) in [4.78, 5) is 32.5. The molecule has 0 unspecified atom stereocenters. The summed E-state index contributed by atoms with van der Waals surface area (Å²) < 4.78 is 20.2. The van der Waals surface area contributed by atoms with Crippen molar-refractivity contribution in [2.24, 2.45) is 4.99 Å². The van der Waals surface area contributed by atoms with Crippen LogP contribution in [0.5, 0.6) is 11.5 Å². The Bertz CT molecular complexity index is 1860. The number of nitrogens with zero attached hydrogens (tertiary/aromatic N) is 2. The van der Waals surface area contributed by atoms with Gasteiger partial charge >= 0.3 is 5.97 Å². The van der Waals surface area contributed by atoms with Gasteiger partial charge in [0.25, 0.3) is 5.56 Å². The van der Waals surface area contributed by atoms with Crippen LogP contribution in [-0.2, 0) is 16.1 Å². The van der Waals surface area contributed by atoms with Crippen LogP contribution in [0.2, 0.25) is 5.02 Å². The predicted octanol–water partition coefficient (Wildman–Crippen LogP) is 6.58. The fraction of sp³-hybridized carbons (Fsp3) is 0.242. The zero-order chi connectivity index (χ0) is 30.7. The number of fused-ring (bicyclic) bond motifs is 1. The van der Waals surface area contributed by atoms with Crippen molar-refractivity contribution in [1.82, 2.24) is 4.57 Å². The van der Waals surface area contributed by atoms with Crippen LogP contribution in [0.1, 0.15) is 50.4 Å². The molecule has 7 nitrogen and oxygen atoms in total. The molecular formula is C33H30BrClN2O5S. The van der Waals surface area contributed by atoms with E-state index in [4.69, 9.17) is 25.8 Å². The molecule has 4 aromatic rings. The second-order valence-corrected chi connectivity index (χ2v) is 12.4. The lowest BCUT2D eigenvalue weighted by Crippen LogP contribution is -2.40. The van der Waals surface area contributed by atoms with Gasteiger partial charge in [-0.05, 0) is 79.0 Å². The van der Waals surface area contributed by atoms with E-state index in [1.54, 1.807) is 30.6 Å². The molecule has 1 aromatic heterocycles. The maximum absolute atomic E-state index is 14.1. The van der Waals surface area contributed by atoms with Crippen molar-refractivity contribution in [3.63, 3.8) is 0 Å². The lowest BCUT2D eigenvalue weighted by Gasteiger charge is -2.26. The lowest BCUT2D eigenvalue weighted by molar-refractivity contribution is -0.139. The number of hydrogen-bond donors (Lipinski definition) is 0. The Morgan fingerprint density at radius 2 is 1.86 bits per heavy atom. The summed E-state index contributed by atoms with van der Waals surface area (Å²) in [6.07, 6.45) is 1.65. The Morgan fingerprint density at radius 1 is 1.14 bits per heavy atom. The summed E-state index contributed by atoms with van der Waals surface area (Å²) in [6, 6.07) is 20.0. The Hall–Kier alpha value is -3.66. The minimum Gasteiger partial charge on any atom is -0.491 e. The molecule has 0 spiro atoms. The molecule has 0 saturated heterocycles. The predicted molar refractivity (Wildman–Crippen MR) is 173 cm³/mol. The molecule has 43 heavy (non-hydrogen) atoms. The maximum Gasteiger partial charge on any atom is 0.338 e. The monoisotopic (exact) mass is 680 g/mol. The van der Waals surface area contributed by atoms with Crippen LogP contribution in [0.4, 0.5) is 0 Å². The van der Waals surface area contributed by atoms with E-state index < -0.39 is 12.0 Å². The number of esters is 1. The minimum absolute atomic E-state index is 0.115. The fourth-order valence-corrected chi connectivity index (χ4v) is 6.87. The second-order valence-electron chi connectivity index (χ2n) is 10.1. The molecule has 3 aromatic carbocycles. The standard InChI is InChI=1S/C33H30BrClN2O5S/c1-5-40-32(39)28-20(4)36-33-37(29(28)23-13-9-10-14-26(23)42-19(2)3)31(38)27(43-33)17-22-15-24(34)30(25(35)16-22)41-18-21-11-7-6-8-12-21/h6-17,19,29H,5,18H2,1-4H3/b27-17+/t29-/m0/s1. The van der Waals surface area contributed by atoms with E-state index in [0.29, 0.717) is 59.3 Å². The van der Waals surface area contributed by atoms with E-state index in [-0.39, 0.29) is 18.3 Å². The SMILES string of the molecule is CCOC(=O)C1=C(C)N=c2s/c(=C/c3cc(Cl)c(OCc4ccccc4)c(Br)c3)c(=O)n2[C@H]1c1ccccc1OC(C)C. The third-order valence-corrected chi connectivity index (χ3v) is 8.49. The third kappa shape index (κ3) is 6.64. The van der Waals surface area contributed by atoms with Crippen molar-refractivity contribution in [1.29, 1.82) is 0 Å². The van der Waals surface area contributed by atoms with Gasteiger partial charge in [-0.3, -0.25) is 9.36 Å². The first-order valence-electron chi connectivity index (χ1n) is 13.8. The third-order valence-electron chi connectivity index (χ3n) is 6.64. The molecule has 0 fully saturated rings. The molecule has 1 aliphatic heterocycles. The summed E-state index contributed by atoms with van der Waals surface area (Å²) in [5.41, 5.74) is 2.89. The fourth-order valence-electron chi connectivity index (χ4n) is 4.84. The van der Waals surface area contributed by atoms with Crippen molar-refractivity contribution in [2.45, 2.75) is 46.4 Å². The normalized spacial score (nSPS) is 14.9. The zero-order valence-corrected chi connectivity index (χ0v) is 27.3. The van der Waals surface area contributed by atoms with E-state index in [1.165, 1.54) is 11.3 Å². The second kappa shape index (κ2) is 13.3. The van der Waals surface area contributed by atoms with Gasteiger partial charge in [0.2, 0.25) is 0 Å². The number of benzene rings is 3. The molecule has 1 atom stereocenters. The van der Waals surface area contributed by atoms with Crippen molar-refractivity contribution < 1.29 is 19.0 Å². The molecule has 10 heteroatoms. The van der Waals surface area contributed by atoms with E-state index >= 15 is 0 Å². The molecule has 2 heterocycles. The minimum atomic E-state index is -0.781. The number of halogens is 2. The lowest BCUT2D eigenvalue weighted by atomic mass is 9.95. The number of thiazole rings is 1. The van der Waals surface area contributed by atoms with Gasteiger partial charge in [-0.1, -0.05) is 71.5 Å². The first-order valence-corrected chi connectivity index (χ1v) is 15.8. The summed E-state index contributed by atoms with van der Waals surface area (Å²) in [7, 11) is 0. The zero-order valence-electron chi connectivity index (χ0n) is 24.1. The summed E-state index contributed by atoms with van der Waals surface area (Å²) in [6.45, 7) is 7.91. The first kappa shape index (κ1) is 30.8.